The Morgan fingerprint density at radius 3 is 2.46 bits per heavy atom. The largest absolute Gasteiger partial charge is 0.492 e. The van der Waals surface area contributed by atoms with Crippen LogP contribution in [0.4, 0.5) is 5.69 Å². The molecule has 0 atom stereocenters. The summed E-state index contributed by atoms with van der Waals surface area (Å²) in [7, 11) is 0. The van der Waals surface area contributed by atoms with Crippen LogP contribution in [0.25, 0.3) is 0 Å². The molecular weight excluding hydrogens is 375 g/mol. The zero-order valence-electron chi connectivity index (χ0n) is 14.5. The number of carbonyl (C=O) groups excluding carboxylic acids is 1. The molecule has 26 heavy (non-hydrogen) atoms. The third-order valence-corrected chi connectivity index (χ3v) is 4.80. The van der Waals surface area contributed by atoms with Gasteiger partial charge in [0.25, 0.3) is 0 Å². The Hall–Kier alpha value is -1.89. The van der Waals surface area contributed by atoms with Crippen LogP contribution in [0.15, 0.2) is 30.3 Å². The number of Topliss-reactive ketones (excluding diaryl/α,β-unsaturated/α-hetero) is 1. The van der Waals surface area contributed by atoms with E-state index in [4.69, 9.17) is 27.9 Å². The van der Waals surface area contributed by atoms with Gasteiger partial charge in [-0.3, -0.25) is 9.69 Å². The van der Waals surface area contributed by atoms with Crippen LogP contribution < -0.4 is 9.64 Å². The standard InChI is InChI=1S/C18H20Cl2N4O2/c1-13(25)14-2-4-15(5-3-14)26-11-10-23-6-8-24(9-7-23)16-12-17(19)21-22-18(16)20/h2-5,12H,6-11H2,1H3. The van der Waals surface area contributed by atoms with E-state index in [0.717, 1.165) is 44.2 Å². The summed E-state index contributed by atoms with van der Waals surface area (Å²) in [6, 6.07) is 8.98. The molecule has 2 heterocycles. The number of rotatable bonds is 6. The van der Waals surface area contributed by atoms with Crippen LogP contribution in [0.3, 0.4) is 0 Å². The molecule has 8 heteroatoms. The summed E-state index contributed by atoms with van der Waals surface area (Å²) in [6.45, 7) is 6.49. The van der Waals surface area contributed by atoms with Crippen LogP contribution in [0.1, 0.15) is 17.3 Å². The van der Waals surface area contributed by atoms with Crippen LogP contribution in [0, 0.1) is 0 Å². The first kappa shape index (κ1) is 18.9. The predicted octanol–water partition coefficient (Wildman–Crippen LogP) is 3.19. The SMILES string of the molecule is CC(=O)c1ccc(OCCN2CCN(c3cc(Cl)nnc3Cl)CC2)cc1. The summed E-state index contributed by atoms with van der Waals surface area (Å²) in [6.07, 6.45) is 0. The second kappa shape index (κ2) is 8.66. The molecule has 0 spiro atoms. The average molecular weight is 395 g/mol. The molecule has 0 amide bonds. The molecule has 3 rings (SSSR count). The summed E-state index contributed by atoms with van der Waals surface area (Å²) in [4.78, 5) is 15.8. The minimum Gasteiger partial charge on any atom is -0.492 e. The van der Waals surface area contributed by atoms with Crippen molar-refractivity contribution in [3.63, 3.8) is 0 Å². The number of benzene rings is 1. The van der Waals surface area contributed by atoms with E-state index in [2.05, 4.69) is 20.0 Å². The van der Waals surface area contributed by atoms with Gasteiger partial charge in [-0.2, -0.15) is 0 Å². The zero-order valence-corrected chi connectivity index (χ0v) is 16.0. The number of aromatic nitrogens is 2. The van der Waals surface area contributed by atoms with Crippen molar-refractivity contribution in [2.24, 2.45) is 0 Å². The molecule has 0 saturated carbocycles. The van der Waals surface area contributed by atoms with Crippen LogP contribution in [-0.4, -0.2) is 60.2 Å². The fourth-order valence-corrected chi connectivity index (χ4v) is 3.21. The number of hydrogen-bond donors (Lipinski definition) is 0. The zero-order chi connectivity index (χ0) is 18.5. The van der Waals surface area contributed by atoms with Crippen LogP contribution >= 0.6 is 23.2 Å². The molecule has 0 aliphatic carbocycles. The van der Waals surface area contributed by atoms with Crippen molar-refractivity contribution in [2.75, 3.05) is 44.2 Å². The first-order valence-corrected chi connectivity index (χ1v) is 9.18. The van der Waals surface area contributed by atoms with Crippen molar-refractivity contribution in [3.8, 4) is 5.75 Å². The normalized spacial score (nSPS) is 15.1. The predicted molar refractivity (Wildman–Crippen MR) is 103 cm³/mol. The number of piperazine rings is 1. The molecule has 1 saturated heterocycles. The molecule has 138 valence electrons. The first-order chi connectivity index (χ1) is 12.5. The van der Waals surface area contributed by atoms with Crippen molar-refractivity contribution in [3.05, 3.63) is 46.2 Å². The highest BCUT2D eigenvalue weighted by molar-refractivity contribution is 6.33. The van der Waals surface area contributed by atoms with Gasteiger partial charge in [0.15, 0.2) is 16.1 Å². The third kappa shape index (κ3) is 4.84. The molecule has 0 bridgehead atoms. The van der Waals surface area contributed by atoms with Crippen molar-refractivity contribution in [1.82, 2.24) is 15.1 Å². The van der Waals surface area contributed by atoms with Gasteiger partial charge in [-0.1, -0.05) is 23.2 Å². The Labute approximate surface area is 162 Å². The maximum Gasteiger partial charge on any atom is 0.175 e. The van der Waals surface area contributed by atoms with Crippen molar-refractivity contribution >= 4 is 34.7 Å². The maximum absolute atomic E-state index is 11.3. The number of ketones is 1. The van der Waals surface area contributed by atoms with Crippen molar-refractivity contribution in [1.29, 1.82) is 0 Å². The molecular formula is C18H20Cl2N4O2. The second-order valence-corrected chi connectivity index (χ2v) is 6.85. The van der Waals surface area contributed by atoms with Crippen LogP contribution in [0.5, 0.6) is 5.75 Å². The summed E-state index contributed by atoms with van der Waals surface area (Å²) in [5.41, 5.74) is 1.52. The maximum atomic E-state index is 11.3. The fraction of sp³-hybridized carbons (Fsp3) is 0.389. The van der Waals surface area contributed by atoms with Gasteiger partial charge in [0, 0.05) is 44.4 Å². The van der Waals surface area contributed by atoms with Gasteiger partial charge in [0.2, 0.25) is 0 Å². The summed E-state index contributed by atoms with van der Waals surface area (Å²) < 4.78 is 5.77. The number of halogens is 2. The highest BCUT2D eigenvalue weighted by Crippen LogP contribution is 2.26. The Morgan fingerprint density at radius 2 is 1.81 bits per heavy atom. The van der Waals surface area contributed by atoms with Crippen LogP contribution in [0.2, 0.25) is 10.3 Å². The molecule has 6 nitrogen and oxygen atoms in total. The van der Waals surface area contributed by atoms with Crippen molar-refractivity contribution < 1.29 is 9.53 Å². The lowest BCUT2D eigenvalue weighted by atomic mass is 10.1. The Balaban J connectivity index is 1.44. The molecule has 0 radical (unpaired) electrons. The van der Waals surface area contributed by atoms with E-state index in [1.807, 2.05) is 12.1 Å². The summed E-state index contributed by atoms with van der Waals surface area (Å²) in [5.74, 6) is 0.832. The highest BCUT2D eigenvalue weighted by Gasteiger charge is 2.20. The second-order valence-electron chi connectivity index (χ2n) is 6.10. The number of carbonyl (C=O) groups is 1. The van der Waals surface area contributed by atoms with Crippen molar-refractivity contribution in [2.45, 2.75) is 6.92 Å². The summed E-state index contributed by atoms with van der Waals surface area (Å²) in [5, 5.41) is 8.32. The molecule has 1 aromatic heterocycles. The van der Waals surface area contributed by atoms with E-state index >= 15 is 0 Å². The van der Waals surface area contributed by atoms with Gasteiger partial charge in [0.05, 0.1) is 5.69 Å². The first-order valence-electron chi connectivity index (χ1n) is 8.43. The Bertz CT molecular complexity index is 762. The molecule has 0 unspecified atom stereocenters. The number of ether oxygens (including phenoxy) is 1. The lowest BCUT2D eigenvalue weighted by Crippen LogP contribution is -2.47. The molecule has 1 aromatic carbocycles. The quantitative estimate of drug-likeness (QED) is 0.701. The number of hydrogen-bond acceptors (Lipinski definition) is 6. The van der Waals surface area contributed by atoms with E-state index < -0.39 is 0 Å². The van der Waals surface area contributed by atoms with Gasteiger partial charge >= 0.3 is 0 Å². The molecule has 1 fully saturated rings. The topological polar surface area (TPSA) is 58.6 Å². The van der Waals surface area contributed by atoms with E-state index in [0.29, 0.717) is 22.5 Å². The average Bonchev–Trinajstić information content (AvgIpc) is 2.65. The lowest BCUT2D eigenvalue weighted by Gasteiger charge is -2.36. The third-order valence-electron chi connectivity index (χ3n) is 4.35. The van der Waals surface area contributed by atoms with Gasteiger partial charge in [0.1, 0.15) is 12.4 Å². The fourth-order valence-electron chi connectivity index (χ4n) is 2.86. The van der Waals surface area contributed by atoms with E-state index in [-0.39, 0.29) is 5.78 Å². The lowest BCUT2D eigenvalue weighted by molar-refractivity contribution is 0.101. The number of nitrogens with zero attached hydrogens (tertiary/aromatic N) is 4. The van der Waals surface area contributed by atoms with E-state index in [1.54, 1.807) is 25.1 Å². The van der Waals surface area contributed by atoms with Crippen LogP contribution in [-0.2, 0) is 0 Å². The Morgan fingerprint density at radius 1 is 1.12 bits per heavy atom. The minimum absolute atomic E-state index is 0.0557. The Kier molecular flexibility index (Phi) is 6.29. The van der Waals surface area contributed by atoms with Gasteiger partial charge in [-0.05, 0) is 31.2 Å². The van der Waals surface area contributed by atoms with Gasteiger partial charge < -0.3 is 9.64 Å². The van der Waals surface area contributed by atoms with E-state index in [1.165, 1.54) is 0 Å². The monoisotopic (exact) mass is 394 g/mol. The van der Waals surface area contributed by atoms with Gasteiger partial charge in [-0.25, -0.2) is 0 Å². The molecule has 2 aromatic rings. The van der Waals surface area contributed by atoms with E-state index in [9.17, 15) is 4.79 Å². The van der Waals surface area contributed by atoms with Gasteiger partial charge in [-0.15, -0.1) is 10.2 Å². The molecule has 0 N–H and O–H groups in total. The minimum atomic E-state index is 0.0557. The smallest absolute Gasteiger partial charge is 0.175 e. The molecule has 1 aliphatic rings. The summed E-state index contributed by atoms with van der Waals surface area (Å²) >= 11 is 12.0. The highest BCUT2D eigenvalue weighted by atomic mass is 35.5. The number of anilines is 1. The molecule has 1 aliphatic heterocycles.